The monoisotopic (exact) mass is 400 g/mol. The van der Waals surface area contributed by atoms with Crippen LogP contribution in [0.25, 0.3) is 0 Å². The summed E-state index contributed by atoms with van der Waals surface area (Å²) in [5.41, 5.74) is 0.271. The van der Waals surface area contributed by atoms with Gasteiger partial charge in [-0.1, -0.05) is 0 Å². The van der Waals surface area contributed by atoms with Crippen molar-refractivity contribution in [3.8, 4) is 0 Å². The highest BCUT2D eigenvalue weighted by molar-refractivity contribution is 7.89. The van der Waals surface area contributed by atoms with Crippen molar-refractivity contribution in [2.75, 3.05) is 46.4 Å². The summed E-state index contributed by atoms with van der Waals surface area (Å²) in [5.74, 6) is 0.829. The van der Waals surface area contributed by atoms with Crippen molar-refractivity contribution in [1.82, 2.24) is 14.9 Å². The average Bonchev–Trinajstić information content (AvgIpc) is 3.30. The number of rotatable bonds is 5. The quantitative estimate of drug-likeness (QED) is 0.443. The molecule has 2 N–H and O–H groups in total. The van der Waals surface area contributed by atoms with E-state index >= 15 is 0 Å². The van der Waals surface area contributed by atoms with Gasteiger partial charge in [0.05, 0.1) is 11.5 Å². The molecule has 26 heavy (non-hydrogen) atoms. The molecule has 0 saturated carbocycles. The zero-order chi connectivity index (χ0) is 18.8. The van der Waals surface area contributed by atoms with Crippen molar-refractivity contribution in [1.29, 1.82) is 0 Å². The number of nitrogens with zero attached hydrogens (tertiary/aromatic N) is 2. The second kappa shape index (κ2) is 7.84. The van der Waals surface area contributed by atoms with Gasteiger partial charge in [0.25, 0.3) is 0 Å². The van der Waals surface area contributed by atoms with Gasteiger partial charge in [-0.2, -0.15) is 0 Å². The summed E-state index contributed by atoms with van der Waals surface area (Å²) in [6.07, 6.45) is 2.23. The zero-order valence-electron chi connectivity index (χ0n) is 15.7. The fourth-order valence-corrected chi connectivity index (χ4v) is 6.32. The molecule has 2 aliphatic rings. The first-order valence-electron chi connectivity index (χ1n) is 8.95. The van der Waals surface area contributed by atoms with E-state index in [4.69, 9.17) is 4.74 Å². The van der Waals surface area contributed by atoms with Crippen molar-refractivity contribution in [2.45, 2.75) is 31.6 Å². The molecule has 0 radical (unpaired) electrons. The molecule has 3 rings (SSSR count). The third-order valence-corrected chi connectivity index (χ3v) is 7.80. The van der Waals surface area contributed by atoms with E-state index in [0.717, 1.165) is 54.9 Å². The van der Waals surface area contributed by atoms with Crippen LogP contribution in [0.3, 0.4) is 0 Å². The molecule has 9 heteroatoms. The molecule has 0 bridgehead atoms. The molecule has 2 aliphatic heterocycles. The third-order valence-electron chi connectivity index (χ3n) is 5.12. The van der Waals surface area contributed by atoms with Gasteiger partial charge in [-0.3, -0.25) is 4.99 Å². The zero-order valence-corrected chi connectivity index (χ0v) is 17.3. The first-order chi connectivity index (χ1) is 12.4. The van der Waals surface area contributed by atoms with E-state index in [1.54, 1.807) is 13.1 Å². The third kappa shape index (κ3) is 4.21. The molecule has 2 fully saturated rings. The molecular weight excluding hydrogens is 372 g/mol. The number of guanidine groups is 1. The average molecular weight is 401 g/mol. The standard InChI is InChI=1S/C17H28N4O3S2/c1-13-10-15(14(2)25-13)26(22,23)20-7-6-19-16(18-3)21-8-4-17(11-21)5-9-24-12-17/h10,20H,4-9,11-12H2,1-3H3,(H,18,19). The molecule has 146 valence electrons. The Morgan fingerprint density at radius 2 is 2.19 bits per heavy atom. The Morgan fingerprint density at radius 1 is 1.38 bits per heavy atom. The van der Waals surface area contributed by atoms with Crippen molar-refractivity contribution in [3.63, 3.8) is 0 Å². The van der Waals surface area contributed by atoms with E-state index in [9.17, 15) is 8.42 Å². The van der Waals surface area contributed by atoms with Crippen LogP contribution >= 0.6 is 11.3 Å². The normalized spacial score (nSPS) is 24.0. The Hall–Kier alpha value is -1.16. The Labute approximate surface area is 159 Å². The number of hydrogen-bond donors (Lipinski definition) is 2. The molecule has 1 spiro atoms. The molecular formula is C17H28N4O3S2. The summed E-state index contributed by atoms with van der Waals surface area (Å²) >= 11 is 1.50. The summed E-state index contributed by atoms with van der Waals surface area (Å²) in [7, 11) is -1.70. The van der Waals surface area contributed by atoms with Crippen molar-refractivity contribution < 1.29 is 13.2 Å². The topological polar surface area (TPSA) is 83.0 Å². The second-order valence-corrected chi connectivity index (χ2v) is 10.3. The lowest BCUT2D eigenvalue weighted by Crippen LogP contribution is -2.44. The number of likely N-dealkylation sites (tertiary alicyclic amines) is 1. The van der Waals surface area contributed by atoms with E-state index < -0.39 is 10.0 Å². The van der Waals surface area contributed by atoms with Gasteiger partial charge in [0, 0.05) is 55.0 Å². The van der Waals surface area contributed by atoms with E-state index in [0.29, 0.717) is 18.0 Å². The van der Waals surface area contributed by atoms with Crippen LogP contribution in [0.2, 0.25) is 0 Å². The highest BCUT2D eigenvalue weighted by atomic mass is 32.2. The van der Waals surface area contributed by atoms with Gasteiger partial charge in [-0.25, -0.2) is 13.1 Å². The van der Waals surface area contributed by atoms with Gasteiger partial charge in [0.1, 0.15) is 0 Å². The van der Waals surface area contributed by atoms with Crippen LogP contribution in [0.15, 0.2) is 16.0 Å². The van der Waals surface area contributed by atoms with Crippen molar-refractivity contribution in [2.24, 2.45) is 10.4 Å². The largest absolute Gasteiger partial charge is 0.381 e. The van der Waals surface area contributed by atoms with Crippen LogP contribution in [-0.4, -0.2) is 65.7 Å². The molecule has 0 amide bonds. The highest BCUT2D eigenvalue weighted by Crippen LogP contribution is 2.38. The van der Waals surface area contributed by atoms with Crippen LogP contribution in [0.5, 0.6) is 0 Å². The summed E-state index contributed by atoms with van der Waals surface area (Å²) in [6, 6.07) is 1.72. The lowest BCUT2D eigenvalue weighted by atomic mass is 9.87. The fraction of sp³-hybridized carbons (Fsp3) is 0.706. The smallest absolute Gasteiger partial charge is 0.241 e. The molecule has 0 aromatic carbocycles. The number of nitrogens with one attached hydrogen (secondary N) is 2. The lowest BCUT2D eigenvalue weighted by Gasteiger charge is -2.25. The summed E-state index contributed by atoms with van der Waals surface area (Å²) in [5, 5.41) is 3.27. The molecule has 1 aromatic heterocycles. The Morgan fingerprint density at radius 3 is 2.81 bits per heavy atom. The van der Waals surface area contributed by atoms with E-state index in [2.05, 4.69) is 19.9 Å². The lowest BCUT2D eigenvalue weighted by molar-refractivity contribution is 0.156. The Balaban J connectivity index is 1.49. The molecule has 1 aromatic rings. The maximum absolute atomic E-state index is 12.4. The van der Waals surface area contributed by atoms with Crippen molar-refractivity contribution in [3.05, 3.63) is 15.8 Å². The molecule has 3 heterocycles. The molecule has 1 unspecified atom stereocenters. The van der Waals surface area contributed by atoms with E-state index in [-0.39, 0.29) is 5.41 Å². The number of aryl methyl sites for hydroxylation is 2. The Bertz CT molecular complexity index is 767. The molecule has 2 saturated heterocycles. The van der Waals surface area contributed by atoms with Crippen molar-refractivity contribution >= 4 is 27.3 Å². The number of thiophene rings is 1. The molecule has 1 atom stereocenters. The predicted molar refractivity (Wildman–Crippen MR) is 104 cm³/mol. The Kier molecular flexibility index (Phi) is 5.91. The molecule has 0 aliphatic carbocycles. The summed E-state index contributed by atoms with van der Waals surface area (Å²) < 4.78 is 33.1. The summed E-state index contributed by atoms with van der Waals surface area (Å²) in [6.45, 7) is 8.16. The van der Waals surface area contributed by atoms with E-state index in [1.807, 2.05) is 13.8 Å². The minimum absolute atomic E-state index is 0.271. The predicted octanol–water partition coefficient (Wildman–Crippen LogP) is 1.33. The number of hydrogen-bond acceptors (Lipinski definition) is 5. The minimum atomic E-state index is -3.46. The van der Waals surface area contributed by atoms with Gasteiger partial charge < -0.3 is 15.0 Å². The fourth-order valence-electron chi connectivity index (χ4n) is 3.73. The van der Waals surface area contributed by atoms with Crippen LogP contribution in [0.1, 0.15) is 22.6 Å². The van der Waals surface area contributed by atoms with Gasteiger partial charge in [-0.05, 0) is 32.8 Å². The first kappa shape index (κ1) is 19.6. The maximum atomic E-state index is 12.4. The second-order valence-electron chi connectivity index (χ2n) is 7.12. The van der Waals surface area contributed by atoms with Crippen LogP contribution < -0.4 is 10.0 Å². The summed E-state index contributed by atoms with van der Waals surface area (Å²) in [4.78, 5) is 8.80. The van der Waals surface area contributed by atoms with Gasteiger partial charge in [0.15, 0.2) is 5.96 Å². The van der Waals surface area contributed by atoms with Crippen LogP contribution in [0, 0.1) is 19.3 Å². The minimum Gasteiger partial charge on any atom is -0.381 e. The highest BCUT2D eigenvalue weighted by Gasteiger charge is 2.42. The van der Waals surface area contributed by atoms with Gasteiger partial charge in [0.2, 0.25) is 10.0 Å². The van der Waals surface area contributed by atoms with Gasteiger partial charge >= 0.3 is 0 Å². The van der Waals surface area contributed by atoms with E-state index in [1.165, 1.54) is 11.3 Å². The molecule has 7 nitrogen and oxygen atoms in total. The van der Waals surface area contributed by atoms with Gasteiger partial charge in [-0.15, -0.1) is 11.3 Å². The first-order valence-corrected chi connectivity index (χ1v) is 11.3. The number of aliphatic imine (C=N–C) groups is 1. The van der Waals surface area contributed by atoms with Crippen LogP contribution in [-0.2, 0) is 14.8 Å². The maximum Gasteiger partial charge on any atom is 0.241 e. The number of sulfonamides is 1. The SMILES string of the molecule is CN=C(NCCNS(=O)(=O)c1cc(C)sc1C)N1CCC2(CCOC2)C1. The van der Waals surface area contributed by atoms with Crippen LogP contribution in [0.4, 0.5) is 0 Å². The number of ether oxygens (including phenoxy) is 1.